The molecule has 0 aliphatic rings. The molecule has 0 unspecified atom stereocenters. The van der Waals surface area contributed by atoms with Crippen LogP contribution in [-0.4, -0.2) is 9.78 Å². The summed E-state index contributed by atoms with van der Waals surface area (Å²) in [6.07, 6.45) is 3.74. The van der Waals surface area contributed by atoms with Gasteiger partial charge in [0.2, 0.25) is 0 Å². The Morgan fingerprint density at radius 3 is 2.33 bits per heavy atom. The van der Waals surface area contributed by atoms with Crippen LogP contribution >= 0.6 is 0 Å². The lowest BCUT2D eigenvalue weighted by atomic mass is 10.1. The van der Waals surface area contributed by atoms with Crippen LogP contribution in [0.4, 0.5) is 0 Å². The second-order valence-corrected chi connectivity index (χ2v) is 3.22. The van der Waals surface area contributed by atoms with Crippen LogP contribution < -0.4 is 0 Å². The average Bonchev–Trinajstić information content (AvgIpc) is 2.78. The zero-order valence-corrected chi connectivity index (χ0v) is 9.86. The minimum absolute atomic E-state index is 1.12. The summed E-state index contributed by atoms with van der Waals surface area (Å²) in [6.45, 7) is 8.23. The first-order valence-electron chi connectivity index (χ1n) is 5.34. The van der Waals surface area contributed by atoms with Crippen molar-refractivity contribution in [1.82, 2.24) is 9.78 Å². The maximum absolute atomic E-state index is 4.17. The molecule has 1 aromatic carbocycles. The number of hydrogen-bond acceptors (Lipinski definition) is 1. The van der Waals surface area contributed by atoms with E-state index in [1.54, 1.807) is 6.20 Å². The molecule has 0 amide bonds. The van der Waals surface area contributed by atoms with E-state index < -0.39 is 0 Å². The first-order chi connectivity index (χ1) is 7.27. The number of hydrogen-bond donors (Lipinski definition) is 0. The zero-order chi connectivity index (χ0) is 11.3. The van der Waals surface area contributed by atoms with Crippen molar-refractivity contribution in [3.8, 4) is 5.69 Å². The van der Waals surface area contributed by atoms with Gasteiger partial charge in [-0.15, -0.1) is 0 Å². The molecule has 0 N–H and O–H groups in total. The molecule has 2 heteroatoms. The summed E-state index contributed by atoms with van der Waals surface area (Å²) in [5.74, 6) is 0. The monoisotopic (exact) mass is 202 g/mol. The van der Waals surface area contributed by atoms with Crippen molar-refractivity contribution in [2.75, 3.05) is 0 Å². The van der Waals surface area contributed by atoms with Crippen LogP contribution in [0.3, 0.4) is 0 Å². The smallest absolute Gasteiger partial charge is 0.0648 e. The Hall–Kier alpha value is -1.57. The molecule has 2 aromatic rings. The molecule has 0 saturated heterocycles. The predicted molar refractivity (Wildman–Crippen MR) is 64.4 cm³/mol. The zero-order valence-electron chi connectivity index (χ0n) is 9.86. The van der Waals surface area contributed by atoms with E-state index in [0.717, 1.165) is 5.69 Å². The quantitative estimate of drug-likeness (QED) is 0.692. The number of aryl methyl sites for hydroxylation is 2. The largest absolute Gasteiger partial charge is 0.241 e. The molecule has 0 aliphatic heterocycles. The fourth-order valence-electron chi connectivity index (χ4n) is 1.29. The van der Waals surface area contributed by atoms with Gasteiger partial charge in [-0.3, -0.25) is 0 Å². The topological polar surface area (TPSA) is 17.8 Å². The molecule has 0 bridgehead atoms. The van der Waals surface area contributed by atoms with E-state index in [2.05, 4.69) is 37.1 Å². The Bertz CT molecular complexity index is 402. The lowest BCUT2D eigenvalue weighted by Crippen LogP contribution is -1.95. The molecule has 0 spiro atoms. The SMILES string of the molecule is CC.Cc1ccc(-n2cccn2)cc1C. The molecule has 2 nitrogen and oxygen atoms in total. The van der Waals surface area contributed by atoms with Crippen molar-refractivity contribution in [2.45, 2.75) is 27.7 Å². The summed E-state index contributed by atoms with van der Waals surface area (Å²) in [4.78, 5) is 0. The highest BCUT2D eigenvalue weighted by atomic mass is 15.3. The summed E-state index contributed by atoms with van der Waals surface area (Å²) < 4.78 is 1.87. The number of rotatable bonds is 1. The van der Waals surface area contributed by atoms with Crippen LogP contribution in [-0.2, 0) is 0 Å². The van der Waals surface area contributed by atoms with Crippen LogP contribution in [0.15, 0.2) is 36.7 Å². The average molecular weight is 202 g/mol. The van der Waals surface area contributed by atoms with E-state index in [-0.39, 0.29) is 0 Å². The molecule has 0 aliphatic carbocycles. The summed E-state index contributed by atoms with van der Waals surface area (Å²) in [7, 11) is 0. The Kier molecular flexibility index (Phi) is 4.10. The molecular weight excluding hydrogens is 184 g/mol. The van der Waals surface area contributed by atoms with E-state index in [4.69, 9.17) is 0 Å². The molecule has 0 atom stereocenters. The van der Waals surface area contributed by atoms with E-state index in [1.807, 2.05) is 30.8 Å². The van der Waals surface area contributed by atoms with Gasteiger partial charge in [-0.25, -0.2) is 4.68 Å². The van der Waals surface area contributed by atoms with Gasteiger partial charge in [-0.1, -0.05) is 19.9 Å². The van der Waals surface area contributed by atoms with Crippen molar-refractivity contribution < 1.29 is 0 Å². The number of benzene rings is 1. The third-order valence-corrected chi connectivity index (χ3v) is 2.26. The molecule has 0 saturated carbocycles. The van der Waals surface area contributed by atoms with Crippen molar-refractivity contribution in [1.29, 1.82) is 0 Å². The molecule has 1 aromatic heterocycles. The Balaban J connectivity index is 0.000000531. The maximum Gasteiger partial charge on any atom is 0.0648 e. The lowest BCUT2D eigenvalue weighted by Gasteiger charge is -2.04. The first kappa shape index (κ1) is 11.5. The van der Waals surface area contributed by atoms with Gasteiger partial charge in [0.15, 0.2) is 0 Å². The van der Waals surface area contributed by atoms with Crippen LogP contribution in [0.5, 0.6) is 0 Å². The second-order valence-electron chi connectivity index (χ2n) is 3.22. The van der Waals surface area contributed by atoms with Gasteiger partial charge in [0.25, 0.3) is 0 Å². The lowest BCUT2D eigenvalue weighted by molar-refractivity contribution is 0.878. The van der Waals surface area contributed by atoms with Gasteiger partial charge >= 0.3 is 0 Å². The van der Waals surface area contributed by atoms with E-state index in [1.165, 1.54) is 11.1 Å². The van der Waals surface area contributed by atoms with Crippen molar-refractivity contribution in [3.63, 3.8) is 0 Å². The van der Waals surface area contributed by atoms with Gasteiger partial charge in [0, 0.05) is 12.4 Å². The molecule has 0 fully saturated rings. The molecule has 2 rings (SSSR count). The Morgan fingerprint density at radius 2 is 1.80 bits per heavy atom. The van der Waals surface area contributed by atoms with Crippen molar-refractivity contribution >= 4 is 0 Å². The summed E-state index contributed by atoms with van der Waals surface area (Å²) in [5, 5.41) is 4.17. The minimum atomic E-state index is 1.12. The number of aromatic nitrogens is 2. The highest BCUT2D eigenvalue weighted by molar-refractivity contribution is 5.38. The summed E-state index contributed by atoms with van der Waals surface area (Å²) >= 11 is 0. The van der Waals surface area contributed by atoms with Gasteiger partial charge in [0.05, 0.1) is 5.69 Å². The van der Waals surface area contributed by atoms with Gasteiger partial charge in [-0.05, 0) is 43.2 Å². The normalized spacial score (nSPS) is 9.33. The molecule has 15 heavy (non-hydrogen) atoms. The first-order valence-corrected chi connectivity index (χ1v) is 5.34. The highest BCUT2D eigenvalue weighted by Gasteiger charge is 1.97. The Labute approximate surface area is 91.6 Å². The maximum atomic E-state index is 4.17. The molecule has 1 heterocycles. The standard InChI is InChI=1S/C11H12N2.C2H6/c1-9-4-5-11(8-10(9)2)13-7-3-6-12-13;1-2/h3-8H,1-2H3;1-2H3. The van der Waals surface area contributed by atoms with Gasteiger partial charge in [-0.2, -0.15) is 5.10 Å². The minimum Gasteiger partial charge on any atom is -0.241 e. The number of nitrogens with zero attached hydrogens (tertiary/aromatic N) is 2. The second kappa shape index (κ2) is 5.35. The van der Waals surface area contributed by atoms with E-state index in [0.29, 0.717) is 0 Å². The van der Waals surface area contributed by atoms with Crippen LogP contribution in [0.25, 0.3) is 5.69 Å². The third-order valence-electron chi connectivity index (χ3n) is 2.26. The van der Waals surface area contributed by atoms with Crippen LogP contribution in [0.1, 0.15) is 25.0 Å². The van der Waals surface area contributed by atoms with E-state index >= 15 is 0 Å². The van der Waals surface area contributed by atoms with E-state index in [9.17, 15) is 0 Å². The van der Waals surface area contributed by atoms with Crippen molar-refractivity contribution in [3.05, 3.63) is 47.8 Å². The fourth-order valence-corrected chi connectivity index (χ4v) is 1.29. The summed E-state index contributed by atoms with van der Waals surface area (Å²) in [6, 6.07) is 8.26. The van der Waals surface area contributed by atoms with Gasteiger partial charge < -0.3 is 0 Å². The fraction of sp³-hybridized carbons (Fsp3) is 0.308. The van der Waals surface area contributed by atoms with Crippen molar-refractivity contribution in [2.24, 2.45) is 0 Å². The van der Waals surface area contributed by atoms with Gasteiger partial charge in [0.1, 0.15) is 0 Å². The molecule has 0 radical (unpaired) electrons. The molecule has 80 valence electrons. The molecular formula is C13H18N2. The Morgan fingerprint density at radius 1 is 1.07 bits per heavy atom. The summed E-state index contributed by atoms with van der Waals surface area (Å²) in [5.41, 5.74) is 3.73. The predicted octanol–water partition coefficient (Wildman–Crippen LogP) is 3.52. The highest BCUT2D eigenvalue weighted by Crippen LogP contribution is 2.12. The van der Waals surface area contributed by atoms with Crippen LogP contribution in [0.2, 0.25) is 0 Å². The van der Waals surface area contributed by atoms with Crippen LogP contribution in [0, 0.1) is 13.8 Å². The third kappa shape index (κ3) is 2.69.